The van der Waals surface area contributed by atoms with E-state index in [0.717, 1.165) is 18.5 Å². The molecule has 0 spiro atoms. The zero-order valence-corrected chi connectivity index (χ0v) is 10.5. The normalized spacial score (nSPS) is 14.1. The van der Waals surface area contributed by atoms with Crippen LogP contribution in [-0.2, 0) is 11.8 Å². The highest BCUT2D eigenvalue weighted by Crippen LogP contribution is 2.33. The van der Waals surface area contributed by atoms with Crippen LogP contribution in [0, 0.1) is 0 Å². The minimum Gasteiger partial charge on any atom is -0.376 e. The second kappa shape index (κ2) is 5.43. The number of hydrazine groups is 1. The van der Waals surface area contributed by atoms with E-state index in [2.05, 4.69) is 24.4 Å². The van der Waals surface area contributed by atoms with E-state index in [1.54, 1.807) is 13.3 Å². The predicted molar refractivity (Wildman–Crippen MR) is 63.6 cm³/mol. The monoisotopic (exact) mass is 226 g/mol. The van der Waals surface area contributed by atoms with Crippen molar-refractivity contribution >= 4 is 0 Å². The molecule has 0 radical (unpaired) electrons. The summed E-state index contributed by atoms with van der Waals surface area (Å²) in [5.41, 5.74) is 3.60. The molecular weight excluding hydrogens is 204 g/mol. The highest BCUT2D eigenvalue weighted by Gasteiger charge is 2.37. The van der Waals surface area contributed by atoms with Gasteiger partial charge in [-0.1, -0.05) is 13.8 Å². The SMILES string of the molecule is CCC(CC)(OC)C(NN)c1ccnn1C. The van der Waals surface area contributed by atoms with Gasteiger partial charge in [0.05, 0.1) is 17.3 Å². The molecule has 0 saturated carbocycles. The molecule has 0 aliphatic carbocycles. The van der Waals surface area contributed by atoms with Crippen molar-refractivity contribution in [2.45, 2.75) is 38.3 Å². The molecule has 3 N–H and O–H groups in total. The van der Waals surface area contributed by atoms with E-state index in [1.807, 2.05) is 17.8 Å². The maximum atomic E-state index is 5.68. The van der Waals surface area contributed by atoms with Gasteiger partial charge in [-0.15, -0.1) is 0 Å². The summed E-state index contributed by atoms with van der Waals surface area (Å²) in [5.74, 6) is 5.67. The van der Waals surface area contributed by atoms with Gasteiger partial charge in [-0.2, -0.15) is 5.10 Å². The Kier molecular flexibility index (Phi) is 4.46. The number of nitrogens with two attached hydrogens (primary N) is 1. The molecule has 1 aromatic rings. The lowest BCUT2D eigenvalue weighted by molar-refractivity contribution is -0.0506. The number of rotatable bonds is 6. The molecule has 92 valence electrons. The maximum absolute atomic E-state index is 5.68. The molecule has 0 saturated heterocycles. The summed E-state index contributed by atoms with van der Waals surface area (Å²) >= 11 is 0. The number of methoxy groups -OCH3 is 1. The first-order valence-electron chi connectivity index (χ1n) is 5.64. The maximum Gasteiger partial charge on any atom is 0.0917 e. The van der Waals surface area contributed by atoms with E-state index >= 15 is 0 Å². The number of hydrogen-bond donors (Lipinski definition) is 2. The molecule has 5 nitrogen and oxygen atoms in total. The number of nitrogens with one attached hydrogen (secondary N) is 1. The number of nitrogens with zero attached hydrogens (tertiary/aromatic N) is 2. The van der Waals surface area contributed by atoms with Crippen LogP contribution in [0.15, 0.2) is 12.3 Å². The first-order valence-corrected chi connectivity index (χ1v) is 5.64. The van der Waals surface area contributed by atoms with Gasteiger partial charge in [0, 0.05) is 20.4 Å². The number of aryl methyl sites for hydroxylation is 1. The average molecular weight is 226 g/mol. The van der Waals surface area contributed by atoms with E-state index < -0.39 is 0 Å². The molecule has 1 atom stereocenters. The largest absolute Gasteiger partial charge is 0.376 e. The van der Waals surface area contributed by atoms with E-state index in [1.165, 1.54) is 0 Å². The fraction of sp³-hybridized carbons (Fsp3) is 0.727. The lowest BCUT2D eigenvalue weighted by atomic mass is 9.86. The summed E-state index contributed by atoms with van der Waals surface area (Å²) in [6.07, 6.45) is 3.55. The van der Waals surface area contributed by atoms with Gasteiger partial charge in [-0.05, 0) is 18.9 Å². The molecule has 0 amide bonds. The summed E-state index contributed by atoms with van der Waals surface area (Å²) in [6.45, 7) is 4.21. The fourth-order valence-electron chi connectivity index (χ4n) is 2.24. The van der Waals surface area contributed by atoms with E-state index in [0.29, 0.717) is 0 Å². The number of aromatic nitrogens is 2. The standard InChI is InChI=1S/C11H22N4O/c1-5-11(6-2,16-4)10(14-12)9-7-8-13-15(9)3/h7-8,10,14H,5-6,12H2,1-4H3. The second-order valence-corrected chi connectivity index (χ2v) is 3.96. The second-order valence-electron chi connectivity index (χ2n) is 3.96. The minimum absolute atomic E-state index is 0.0556. The van der Waals surface area contributed by atoms with Crippen molar-refractivity contribution in [1.82, 2.24) is 15.2 Å². The summed E-state index contributed by atoms with van der Waals surface area (Å²) in [7, 11) is 3.64. The van der Waals surface area contributed by atoms with Crippen LogP contribution in [0.5, 0.6) is 0 Å². The Morgan fingerprint density at radius 3 is 2.50 bits per heavy atom. The molecule has 1 aromatic heterocycles. The van der Waals surface area contributed by atoms with Crippen LogP contribution in [0.3, 0.4) is 0 Å². The molecule has 1 rings (SSSR count). The van der Waals surface area contributed by atoms with E-state index in [4.69, 9.17) is 10.6 Å². The third-order valence-electron chi connectivity index (χ3n) is 3.45. The Bertz CT molecular complexity index is 311. The van der Waals surface area contributed by atoms with E-state index in [-0.39, 0.29) is 11.6 Å². The molecule has 5 heteroatoms. The van der Waals surface area contributed by atoms with Crippen LogP contribution >= 0.6 is 0 Å². The zero-order chi connectivity index (χ0) is 12.2. The molecule has 1 unspecified atom stereocenters. The average Bonchev–Trinajstić information content (AvgIpc) is 2.72. The van der Waals surface area contributed by atoms with E-state index in [9.17, 15) is 0 Å². The Labute approximate surface area is 96.9 Å². The number of hydrogen-bond acceptors (Lipinski definition) is 4. The summed E-state index contributed by atoms with van der Waals surface area (Å²) < 4.78 is 7.51. The highest BCUT2D eigenvalue weighted by molar-refractivity contribution is 5.12. The highest BCUT2D eigenvalue weighted by atomic mass is 16.5. The summed E-state index contributed by atoms with van der Waals surface area (Å²) in [4.78, 5) is 0. The van der Waals surface area contributed by atoms with Crippen LogP contribution in [0.2, 0.25) is 0 Å². The van der Waals surface area contributed by atoms with Crippen LogP contribution < -0.4 is 11.3 Å². The van der Waals surface area contributed by atoms with Gasteiger partial charge in [-0.3, -0.25) is 10.5 Å². The molecule has 0 aromatic carbocycles. The van der Waals surface area contributed by atoms with Gasteiger partial charge in [0.2, 0.25) is 0 Å². The van der Waals surface area contributed by atoms with Gasteiger partial charge >= 0.3 is 0 Å². The molecule has 0 aliphatic heterocycles. The van der Waals surface area contributed by atoms with Crippen molar-refractivity contribution in [2.75, 3.05) is 7.11 Å². The Balaban J connectivity index is 3.10. The Morgan fingerprint density at radius 1 is 1.56 bits per heavy atom. The van der Waals surface area contributed by atoms with Gasteiger partial charge < -0.3 is 4.74 Å². The zero-order valence-electron chi connectivity index (χ0n) is 10.5. The summed E-state index contributed by atoms with van der Waals surface area (Å²) in [5, 5.41) is 4.17. The minimum atomic E-state index is -0.289. The third kappa shape index (κ3) is 2.11. The third-order valence-corrected chi connectivity index (χ3v) is 3.45. The number of ether oxygens (including phenoxy) is 1. The van der Waals surface area contributed by atoms with Gasteiger partial charge in [0.1, 0.15) is 0 Å². The first kappa shape index (κ1) is 13.2. The van der Waals surface area contributed by atoms with Crippen LogP contribution in [0.4, 0.5) is 0 Å². The Hall–Kier alpha value is -0.910. The lowest BCUT2D eigenvalue weighted by Crippen LogP contribution is -2.48. The fourth-order valence-corrected chi connectivity index (χ4v) is 2.24. The van der Waals surface area contributed by atoms with Crippen molar-refractivity contribution in [1.29, 1.82) is 0 Å². The van der Waals surface area contributed by atoms with Crippen molar-refractivity contribution in [3.8, 4) is 0 Å². The smallest absolute Gasteiger partial charge is 0.0917 e. The van der Waals surface area contributed by atoms with Crippen LogP contribution in [-0.4, -0.2) is 22.5 Å². The van der Waals surface area contributed by atoms with Gasteiger partial charge in [0.25, 0.3) is 0 Å². The van der Waals surface area contributed by atoms with Crippen LogP contribution in [0.1, 0.15) is 38.4 Å². The van der Waals surface area contributed by atoms with Gasteiger partial charge in [-0.25, -0.2) is 5.43 Å². The molecule has 0 bridgehead atoms. The topological polar surface area (TPSA) is 65.1 Å². The molecule has 16 heavy (non-hydrogen) atoms. The quantitative estimate of drug-likeness (QED) is 0.564. The van der Waals surface area contributed by atoms with Crippen molar-refractivity contribution in [2.24, 2.45) is 12.9 Å². The summed E-state index contributed by atoms with van der Waals surface area (Å²) in [6, 6.07) is 1.91. The van der Waals surface area contributed by atoms with Gasteiger partial charge in [0.15, 0.2) is 0 Å². The van der Waals surface area contributed by atoms with Crippen LogP contribution in [0.25, 0.3) is 0 Å². The lowest BCUT2D eigenvalue weighted by Gasteiger charge is -2.37. The molecule has 1 heterocycles. The molecular formula is C11H22N4O. The Morgan fingerprint density at radius 2 is 2.19 bits per heavy atom. The molecule has 0 aliphatic rings. The van der Waals surface area contributed by atoms with Crippen molar-refractivity contribution in [3.63, 3.8) is 0 Å². The van der Waals surface area contributed by atoms with Crippen molar-refractivity contribution < 1.29 is 4.74 Å². The van der Waals surface area contributed by atoms with Crippen molar-refractivity contribution in [3.05, 3.63) is 18.0 Å². The first-order chi connectivity index (χ1) is 7.65. The predicted octanol–water partition coefficient (Wildman–Crippen LogP) is 1.13. The molecule has 0 fully saturated rings.